The third-order valence-electron chi connectivity index (χ3n) is 5.05. The third-order valence-corrected chi connectivity index (χ3v) is 7.47. The first-order valence-electron chi connectivity index (χ1n) is 9.75. The Morgan fingerprint density at radius 1 is 1.03 bits per heavy atom. The quantitative estimate of drug-likeness (QED) is 0.590. The van der Waals surface area contributed by atoms with E-state index < -0.39 is 10.0 Å². The predicted molar refractivity (Wildman–Crippen MR) is 119 cm³/mol. The predicted octanol–water partition coefficient (Wildman–Crippen LogP) is 3.34. The molecule has 0 saturated carbocycles. The normalized spacial score (nSPS) is 14.1. The molecule has 2 heterocycles. The minimum Gasteiger partial charge on any atom is -0.351 e. The fourth-order valence-corrected chi connectivity index (χ4v) is 5.38. The van der Waals surface area contributed by atoms with Crippen LogP contribution < -0.4 is 10.0 Å². The Morgan fingerprint density at radius 2 is 1.80 bits per heavy atom. The number of sulfonamides is 1. The van der Waals surface area contributed by atoms with E-state index in [1.54, 1.807) is 24.3 Å². The summed E-state index contributed by atoms with van der Waals surface area (Å²) in [5.74, 6) is -0.205. The van der Waals surface area contributed by atoms with Gasteiger partial charge in [-0.3, -0.25) is 14.4 Å². The molecular weight excluding hydrogens is 418 g/mol. The molecule has 1 aliphatic rings. The zero-order valence-electron chi connectivity index (χ0n) is 16.4. The van der Waals surface area contributed by atoms with Gasteiger partial charge < -0.3 is 5.32 Å². The van der Waals surface area contributed by atoms with Gasteiger partial charge in [-0.2, -0.15) is 0 Å². The Kier molecular flexibility index (Phi) is 6.17. The largest absolute Gasteiger partial charge is 0.351 e. The van der Waals surface area contributed by atoms with Crippen molar-refractivity contribution >= 4 is 33.0 Å². The van der Waals surface area contributed by atoms with Gasteiger partial charge >= 0.3 is 0 Å². The Labute approximate surface area is 180 Å². The van der Waals surface area contributed by atoms with Crippen LogP contribution in [-0.4, -0.2) is 38.9 Å². The van der Waals surface area contributed by atoms with Crippen LogP contribution in [0.1, 0.15) is 20.8 Å². The van der Waals surface area contributed by atoms with Crippen LogP contribution in [-0.2, 0) is 23.0 Å². The molecular formula is C22H23N3O3S2. The molecule has 1 aliphatic heterocycles. The molecule has 0 atom stereocenters. The number of para-hydroxylation sites is 1. The molecule has 3 aromatic rings. The molecule has 1 amide bonds. The highest BCUT2D eigenvalue weighted by molar-refractivity contribution is 7.92. The second-order valence-electron chi connectivity index (χ2n) is 7.15. The molecule has 30 heavy (non-hydrogen) atoms. The number of carbonyl (C=O) groups excluding carboxylic acids is 1. The summed E-state index contributed by atoms with van der Waals surface area (Å²) in [4.78, 5) is 16.3. The van der Waals surface area contributed by atoms with Crippen LogP contribution in [0.3, 0.4) is 0 Å². The van der Waals surface area contributed by atoms with Crippen molar-refractivity contribution in [2.75, 3.05) is 24.4 Å². The molecule has 2 N–H and O–H groups in total. The summed E-state index contributed by atoms with van der Waals surface area (Å²) in [5, 5.41) is 5.05. The molecule has 0 aliphatic carbocycles. The van der Waals surface area contributed by atoms with Gasteiger partial charge in [-0.05, 0) is 59.8 Å². The van der Waals surface area contributed by atoms with E-state index in [0.717, 1.165) is 26.1 Å². The van der Waals surface area contributed by atoms with Crippen molar-refractivity contribution in [2.24, 2.45) is 0 Å². The molecule has 4 rings (SSSR count). The van der Waals surface area contributed by atoms with Crippen molar-refractivity contribution in [3.63, 3.8) is 0 Å². The van der Waals surface area contributed by atoms with Crippen molar-refractivity contribution in [3.05, 3.63) is 82.0 Å². The highest BCUT2D eigenvalue weighted by Crippen LogP contribution is 2.23. The van der Waals surface area contributed by atoms with Gasteiger partial charge in [-0.25, -0.2) is 8.42 Å². The van der Waals surface area contributed by atoms with Crippen LogP contribution in [0, 0.1) is 0 Å². The van der Waals surface area contributed by atoms with Gasteiger partial charge in [0.2, 0.25) is 0 Å². The zero-order chi connectivity index (χ0) is 21.0. The van der Waals surface area contributed by atoms with Crippen molar-refractivity contribution in [3.8, 4) is 0 Å². The maximum Gasteiger partial charge on any atom is 0.261 e. The lowest BCUT2D eigenvalue weighted by atomic mass is 10.1. The zero-order valence-corrected chi connectivity index (χ0v) is 18.0. The number of fused-ring (bicyclic) bond motifs is 1. The summed E-state index contributed by atoms with van der Waals surface area (Å²) in [5.41, 5.74) is 2.32. The molecule has 0 saturated heterocycles. The van der Waals surface area contributed by atoms with E-state index in [2.05, 4.69) is 26.4 Å². The fraction of sp³-hybridized carbons (Fsp3) is 0.227. The Hall–Kier alpha value is -2.68. The number of rotatable bonds is 7. The first-order chi connectivity index (χ1) is 14.5. The van der Waals surface area contributed by atoms with Gasteiger partial charge in [0.15, 0.2) is 0 Å². The summed E-state index contributed by atoms with van der Waals surface area (Å²) in [6.45, 7) is 3.27. The van der Waals surface area contributed by atoms with Crippen molar-refractivity contribution < 1.29 is 13.2 Å². The maximum absolute atomic E-state index is 12.5. The van der Waals surface area contributed by atoms with E-state index in [1.807, 2.05) is 17.4 Å². The molecule has 0 radical (unpaired) electrons. The second-order valence-corrected chi connectivity index (χ2v) is 9.83. The first-order valence-corrected chi connectivity index (χ1v) is 12.1. The molecule has 156 valence electrons. The Morgan fingerprint density at radius 3 is 2.57 bits per heavy atom. The van der Waals surface area contributed by atoms with E-state index in [4.69, 9.17) is 0 Å². The summed E-state index contributed by atoms with van der Waals surface area (Å²) >= 11 is 1.81. The van der Waals surface area contributed by atoms with Gasteiger partial charge in [0.1, 0.15) is 0 Å². The molecule has 0 fully saturated rings. The van der Waals surface area contributed by atoms with Crippen molar-refractivity contribution in [2.45, 2.75) is 17.9 Å². The second kappa shape index (κ2) is 8.99. The number of thiophene rings is 1. The van der Waals surface area contributed by atoms with Gasteiger partial charge in [0.25, 0.3) is 15.9 Å². The monoisotopic (exact) mass is 441 g/mol. The van der Waals surface area contributed by atoms with E-state index in [-0.39, 0.29) is 10.8 Å². The van der Waals surface area contributed by atoms with Gasteiger partial charge in [-0.15, -0.1) is 11.3 Å². The number of hydrogen-bond donors (Lipinski definition) is 2. The van der Waals surface area contributed by atoms with Crippen LogP contribution in [0.4, 0.5) is 5.69 Å². The van der Waals surface area contributed by atoms with Crippen LogP contribution in [0.5, 0.6) is 0 Å². The van der Waals surface area contributed by atoms with E-state index >= 15 is 0 Å². The SMILES string of the molecule is O=C(NCCN1CCc2sccc2C1)c1ccc(S(=O)(=O)Nc2ccccc2)cc1. The van der Waals surface area contributed by atoms with Gasteiger partial charge in [-0.1, -0.05) is 18.2 Å². The average molecular weight is 442 g/mol. The number of amides is 1. The highest BCUT2D eigenvalue weighted by Gasteiger charge is 2.18. The van der Waals surface area contributed by atoms with Crippen LogP contribution in [0.25, 0.3) is 0 Å². The number of carbonyl (C=O) groups is 1. The molecule has 8 heteroatoms. The number of anilines is 1. The number of benzene rings is 2. The Balaban J connectivity index is 1.30. The average Bonchev–Trinajstić information content (AvgIpc) is 3.22. The number of nitrogens with zero attached hydrogens (tertiary/aromatic N) is 1. The standard InChI is InChI=1S/C22H23N3O3S2/c26-22(23-12-14-25-13-10-21-18(16-25)11-15-29-21)17-6-8-20(9-7-17)30(27,28)24-19-4-2-1-3-5-19/h1-9,11,15,24H,10,12-14,16H2,(H,23,26). The van der Waals surface area contributed by atoms with Crippen molar-refractivity contribution in [1.29, 1.82) is 0 Å². The lowest BCUT2D eigenvalue weighted by Crippen LogP contribution is -2.37. The summed E-state index contributed by atoms with van der Waals surface area (Å²) < 4.78 is 27.5. The van der Waals surface area contributed by atoms with E-state index in [1.165, 1.54) is 34.7 Å². The topological polar surface area (TPSA) is 78.5 Å². The lowest BCUT2D eigenvalue weighted by molar-refractivity contribution is 0.0947. The minimum atomic E-state index is -3.69. The molecule has 2 aromatic carbocycles. The molecule has 6 nitrogen and oxygen atoms in total. The van der Waals surface area contributed by atoms with E-state index in [9.17, 15) is 13.2 Å². The minimum absolute atomic E-state index is 0.114. The molecule has 0 unspecified atom stereocenters. The Bertz CT molecular complexity index is 1110. The van der Waals surface area contributed by atoms with Crippen molar-refractivity contribution in [1.82, 2.24) is 10.2 Å². The summed E-state index contributed by atoms with van der Waals surface area (Å²) in [6.07, 6.45) is 1.06. The van der Waals surface area contributed by atoms with Crippen LogP contribution in [0.2, 0.25) is 0 Å². The fourth-order valence-electron chi connectivity index (χ4n) is 3.43. The highest BCUT2D eigenvalue weighted by atomic mass is 32.2. The van der Waals surface area contributed by atoms with Gasteiger partial charge in [0, 0.05) is 42.3 Å². The third kappa shape index (κ3) is 4.89. The van der Waals surface area contributed by atoms with Crippen LogP contribution >= 0.6 is 11.3 Å². The summed E-state index contributed by atoms with van der Waals surface area (Å²) in [6, 6.07) is 16.8. The molecule has 0 spiro atoms. The molecule has 1 aromatic heterocycles. The van der Waals surface area contributed by atoms with E-state index in [0.29, 0.717) is 17.8 Å². The summed E-state index contributed by atoms with van der Waals surface area (Å²) in [7, 11) is -3.69. The number of nitrogens with one attached hydrogen (secondary N) is 2. The maximum atomic E-state index is 12.5. The lowest BCUT2D eigenvalue weighted by Gasteiger charge is -2.26. The smallest absolute Gasteiger partial charge is 0.261 e. The molecule has 0 bridgehead atoms. The number of hydrogen-bond acceptors (Lipinski definition) is 5. The van der Waals surface area contributed by atoms with Crippen LogP contribution in [0.15, 0.2) is 70.9 Å². The first kappa shape index (κ1) is 20.6. The van der Waals surface area contributed by atoms with Gasteiger partial charge in [0.05, 0.1) is 4.90 Å².